The lowest BCUT2D eigenvalue weighted by Crippen LogP contribution is -2.05. The van der Waals surface area contributed by atoms with Gasteiger partial charge in [0.1, 0.15) is 11.5 Å². The van der Waals surface area contributed by atoms with Gasteiger partial charge in [-0.3, -0.25) is 0 Å². The van der Waals surface area contributed by atoms with Crippen molar-refractivity contribution >= 4 is 6.09 Å². The standard InChI is InChI=1S/C8H8NO3/c1-11-6-3-2-4-7(5-6)12-8(9)10/h2-5,9H,1H3. The maximum atomic E-state index is 10.2. The van der Waals surface area contributed by atoms with Crippen molar-refractivity contribution < 1.29 is 14.3 Å². The third kappa shape index (κ3) is 2.16. The number of amides is 1. The fraction of sp³-hybridized carbons (Fsp3) is 0.125. The molecule has 4 nitrogen and oxygen atoms in total. The minimum atomic E-state index is -1.08. The highest BCUT2D eigenvalue weighted by atomic mass is 16.5. The summed E-state index contributed by atoms with van der Waals surface area (Å²) in [6.07, 6.45) is -1.08. The van der Waals surface area contributed by atoms with Crippen LogP contribution in [0.4, 0.5) is 4.79 Å². The Kier molecular flexibility index (Phi) is 2.53. The van der Waals surface area contributed by atoms with Crippen LogP contribution in [-0.4, -0.2) is 13.2 Å². The third-order valence-corrected chi connectivity index (χ3v) is 1.25. The first-order valence-electron chi connectivity index (χ1n) is 3.30. The molecule has 1 radical (unpaired) electrons. The molecule has 1 amide bonds. The Morgan fingerprint density at radius 2 is 2.08 bits per heavy atom. The largest absolute Gasteiger partial charge is 0.497 e. The van der Waals surface area contributed by atoms with Gasteiger partial charge >= 0.3 is 6.09 Å². The third-order valence-electron chi connectivity index (χ3n) is 1.25. The van der Waals surface area contributed by atoms with Gasteiger partial charge in [-0.15, -0.1) is 0 Å². The highest BCUT2D eigenvalue weighted by Crippen LogP contribution is 2.18. The molecule has 0 aromatic heterocycles. The van der Waals surface area contributed by atoms with E-state index in [1.165, 1.54) is 13.2 Å². The van der Waals surface area contributed by atoms with Crippen LogP contribution in [0.25, 0.3) is 0 Å². The molecule has 0 aliphatic heterocycles. The summed E-state index contributed by atoms with van der Waals surface area (Å²) in [4.78, 5) is 10.2. The highest BCUT2D eigenvalue weighted by molar-refractivity contribution is 5.67. The van der Waals surface area contributed by atoms with E-state index in [1.807, 2.05) is 0 Å². The number of nitrogens with one attached hydrogen (secondary N) is 1. The van der Waals surface area contributed by atoms with Gasteiger partial charge in [0.2, 0.25) is 0 Å². The summed E-state index contributed by atoms with van der Waals surface area (Å²) in [5, 5.41) is 0. The molecule has 1 aromatic carbocycles. The van der Waals surface area contributed by atoms with E-state index in [1.54, 1.807) is 18.2 Å². The van der Waals surface area contributed by atoms with Crippen LogP contribution in [0, 0.1) is 0 Å². The zero-order chi connectivity index (χ0) is 8.97. The van der Waals surface area contributed by atoms with E-state index < -0.39 is 6.09 Å². The summed E-state index contributed by atoms with van der Waals surface area (Å²) >= 11 is 0. The monoisotopic (exact) mass is 166 g/mol. The molecule has 63 valence electrons. The Hall–Kier alpha value is -1.71. The number of rotatable bonds is 2. The van der Waals surface area contributed by atoms with Gasteiger partial charge in [0, 0.05) is 6.07 Å². The van der Waals surface area contributed by atoms with Crippen molar-refractivity contribution in [3.63, 3.8) is 0 Å². The predicted octanol–water partition coefficient (Wildman–Crippen LogP) is 1.48. The first-order valence-corrected chi connectivity index (χ1v) is 3.30. The van der Waals surface area contributed by atoms with Crippen LogP contribution in [0.15, 0.2) is 24.3 Å². The number of benzene rings is 1. The van der Waals surface area contributed by atoms with E-state index in [0.29, 0.717) is 11.5 Å². The summed E-state index contributed by atoms with van der Waals surface area (Å²) in [5.74, 6) is 0.906. The molecule has 12 heavy (non-hydrogen) atoms. The minimum absolute atomic E-state index is 0.314. The highest BCUT2D eigenvalue weighted by Gasteiger charge is 1.99. The predicted molar refractivity (Wildman–Crippen MR) is 42.1 cm³/mol. The van der Waals surface area contributed by atoms with Crippen LogP contribution in [-0.2, 0) is 0 Å². The van der Waals surface area contributed by atoms with Crippen molar-refractivity contribution in [2.24, 2.45) is 0 Å². The van der Waals surface area contributed by atoms with Gasteiger partial charge in [-0.25, -0.2) is 10.5 Å². The molecular formula is C8H8NO3. The molecule has 0 fully saturated rings. The van der Waals surface area contributed by atoms with Gasteiger partial charge in [-0.05, 0) is 12.1 Å². The van der Waals surface area contributed by atoms with Gasteiger partial charge in [0.15, 0.2) is 0 Å². The molecule has 0 atom stereocenters. The summed E-state index contributed by atoms with van der Waals surface area (Å²) in [7, 11) is 1.52. The van der Waals surface area contributed by atoms with Crippen LogP contribution >= 0.6 is 0 Å². The lowest BCUT2D eigenvalue weighted by atomic mass is 10.3. The van der Waals surface area contributed by atoms with Gasteiger partial charge in [-0.1, -0.05) is 6.07 Å². The van der Waals surface area contributed by atoms with Crippen LogP contribution in [0.2, 0.25) is 0 Å². The van der Waals surface area contributed by atoms with Gasteiger partial charge in [0.25, 0.3) is 0 Å². The molecule has 4 heteroatoms. The van der Waals surface area contributed by atoms with Crippen LogP contribution < -0.4 is 15.2 Å². The molecule has 0 unspecified atom stereocenters. The second-order valence-corrected chi connectivity index (χ2v) is 2.07. The quantitative estimate of drug-likeness (QED) is 0.668. The number of hydrogen-bond donors (Lipinski definition) is 0. The zero-order valence-corrected chi connectivity index (χ0v) is 6.53. The number of carbonyl (C=O) groups is 1. The number of carbonyl (C=O) groups excluding carboxylic acids is 1. The Morgan fingerprint density at radius 3 is 2.67 bits per heavy atom. The number of methoxy groups -OCH3 is 1. The van der Waals surface area contributed by atoms with Crippen molar-refractivity contribution in [1.82, 2.24) is 5.73 Å². The second kappa shape index (κ2) is 3.61. The van der Waals surface area contributed by atoms with E-state index in [2.05, 4.69) is 4.74 Å². The molecule has 1 rings (SSSR count). The zero-order valence-electron chi connectivity index (χ0n) is 6.53. The normalized spacial score (nSPS) is 9.08. The van der Waals surface area contributed by atoms with E-state index in [9.17, 15) is 4.79 Å². The summed E-state index contributed by atoms with van der Waals surface area (Å²) in [5.41, 5.74) is 6.54. The Labute approximate surface area is 69.9 Å². The maximum absolute atomic E-state index is 10.2. The van der Waals surface area contributed by atoms with Gasteiger partial charge in [-0.2, -0.15) is 0 Å². The first kappa shape index (κ1) is 8.39. The lowest BCUT2D eigenvalue weighted by molar-refractivity contribution is 0.209. The molecule has 0 bridgehead atoms. The van der Waals surface area contributed by atoms with E-state index in [4.69, 9.17) is 10.5 Å². The Bertz CT molecular complexity index is 285. The van der Waals surface area contributed by atoms with Gasteiger partial charge < -0.3 is 9.47 Å². The molecule has 0 spiro atoms. The molecule has 1 N–H and O–H groups in total. The molecule has 0 saturated heterocycles. The summed E-state index contributed by atoms with van der Waals surface area (Å²) in [6.45, 7) is 0. The minimum Gasteiger partial charge on any atom is -0.497 e. The van der Waals surface area contributed by atoms with Crippen LogP contribution in [0.3, 0.4) is 0 Å². The molecular weight excluding hydrogens is 158 g/mol. The van der Waals surface area contributed by atoms with Gasteiger partial charge in [0.05, 0.1) is 7.11 Å². The van der Waals surface area contributed by atoms with Crippen molar-refractivity contribution in [3.05, 3.63) is 24.3 Å². The van der Waals surface area contributed by atoms with Crippen molar-refractivity contribution in [2.45, 2.75) is 0 Å². The fourth-order valence-electron chi connectivity index (χ4n) is 0.772. The molecule has 0 aliphatic rings. The van der Waals surface area contributed by atoms with Crippen molar-refractivity contribution in [1.29, 1.82) is 0 Å². The topological polar surface area (TPSA) is 59.3 Å². The first-order chi connectivity index (χ1) is 5.72. The average molecular weight is 166 g/mol. The smallest absolute Gasteiger partial charge is 0.431 e. The average Bonchev–Trinajstić information content (AvgIpc) is 2.03. The van der Waals surface area contributed by atoms with Crippen LogP contribution in [0.1, 0.15) is 0 Å². The lowest BCUT2D eigenvalue weighted by Gasteiger charge is -2.02. The van der Waals surface area contributed by atoms with Crippen molar-refractivity contribution in [3.8, 4) is 11.5 Å². The van der Waals surface area contributed by atoms with Crippen molar-refractivity contribution in [2.75, 3.05) is 7.11 Å². The summed E-state index contributed by atoms with van der Waals surface area (Å²) in [6, 6.07) is 6.51. The SMILES string of the molecule is COc1cccc(OC([NH])=O)c1. The molecule has 0 aliphatic carbocycles. The Balaban J connectivity index is 2.79. The molecule has 1 aromatic rings. The van der Waals surface area contributed by atoms with E-state index in [0.717, 1.165) is 0 Å². The molecule has 0 heterocycles. The second-order valence-electron chi connectivity index (χ2n) is 2.07. The number of ether oxygens (including phenoxy) is 2. The fourth-order valence-corrected chi connectivity index (χ4v) is 0.772. The maximum Gasteiger partial charge on any atom is 0.431 e. The van der Waals surface area contributed by atoms with E-state index >= 15 is 0 Å². The summed E-state index contributed by atoms with van der Waals surface area (Å²) < 4.78 is 9.39. The molecule has 0 saturated carbocycles. The van der Waals surface area contributed by atoms with Crippen LogP contribution in [0.5, 0.6) is 11.5 Å². The number of hydrogen-bond acceptors (Lipinski definition) is 3. The van der Waals surface area contributed by atoms with E-state index in [-0.39, 0.29) is 0 Å². The Morgan fingerprint density at radius 1 is 1.42 bits per heavy atom.